The number of para-hydroxylation sites is 1. The van der Waals surface area contributed by atoms with Gasteiger partial charge in [0.05, 0.1) is 24.7 Å². The van der Waals surface area contributed by atoms with E-state index in [0.717, 1.165) is 90.0 Å². The monoisotopic (exact) mass is 658 g/mol. The number of benzene rings is 2. The van der Waals surface area contributed by atoms with Crippen molar-refractivity contribution in [3.05, 3.63) is 78.4 Å². The summed E-state index contributed by atoms with van der Waals surface area (Å²) < 4.78 is 12.3. The fraction of sp³-hybridized carbons (Fsp3) is 0.378. The Morgan fingerprint density at radius 3 is 2.57 bits per heavy atom. The minimum atomic E-state index is -0.207. The first-order valence-corrected chi connectivity index (χ1v) is 17.1. The second kappa shape index (κ2) is 12.3. The minimum Gasteiger partial charge on any atom is -0.495 e. The molecule has 252 valence electrons. The van der Waals surface area contributed by atoms with E-state index >= 15 is 0 Å². The number of ether oxygens (including phenoxy) is 1. The molecule has 6 aromatic rings. The summed E-state index contributed by atoms with van der Waals surface area (Å²) in [7, 11) is 3.51. The number of methoxy groups -OCH3 is 1. The molecule has 12 nitrogen and oxygen atoms in total. The maximum Gasteiger partial charge on any atom is 0.272 e. The first-order valence-electron chi connectivity index (χ1n) is 17.1. The largest absolute Gasteiger partial charge is 0.495 e. The lowest BCUT2D eigenvalue weighted by molar-refractivity contribution is 0.101. The Morgan fingerprint density at radius 2 is 1.80 bits per heavy atom. The van der Waals surface area contributed by atoms with Crippen molar-refractivity contribution in [1.82, 2.24) is 38.8 Å². The molecule has 1 aliphatic heterocycles. The lowest BCUT2D eigenvalue weighted by Crippen LogP contribution is -2.43. The van der Waals surface area contributed by atoms with E-state index in [1.807, 2.05) is 60.1 Å². The average Bonchev–Trinajstić information content (AvgIpc) is 3.83. The summed E-state index contributed by atoms with van der Waals surface area (Å²) in [4.78, 5) is 25.1. The molecule has 5 heterocycles. The van der Waals surface area contributed by atoms with E-state index < -0.39 is 0 Å². The summed E-state index contributed by atoms with van der Waals surface area (Å²) in [5, 5.41) is 13.9. The molecule has 2 aliphatic rings. The van der Waals surface area contributed by atoms with Crippen molar-refractivity contribution >= 4 is 39.3 Å². The number of amides is 1. The highest BCUT2D eigenvalue weighted by Crippen LogP contribution is 2.41. The van der Waals surface area contributed by atoms with E-state index in [2.05, 4.69) is 54.6 Å². The predicted molar refractivity (Wildman–Crippen MR) is 191 cm³/mol. The van der Waals surface area contributed by atoms with Crippen LogP contribution in [-0.4, -0.2) is 64.4 Å². The zero-order valence-electron chi connectivity index (χ0n) is 28.4. The molecule has 49 heavy (non-hydrogen) atoms. The summed E-state index contributed by atoms with van der Waals surface area (Å²) >= 11 is 0. The van der Waals surface area contributed by atoms with Crippen LogP contribution in [0.15, 0.2) is 61.1 Å². The number of carbonyl (C=O) groups is 1. The summed E-state index contributed by atoms with van der Waals surface area (Å²) in [5.41, 5.74) is 11.4. The standard InChI is InChI=1S/C37H42N10O2/c1-22(2)35-43-42-32-20-45(15-16-46(32)35)25-10-12-26(13-11-25)47-19-27(33-34(38)39-21-40-36(33)47)23-9-14-28(31(18-23)49-4)41-37(48)30-17-24-7-5-6-8-29(24)44(30)3/h5-9,14,17-19,21-22,25-26H,10-13,15-16,20H2,1-4H3,(H,41,48)(H2,38,39,40)/t25-,26+. The van der Waals surface area contributed by atoms with Crippen LogP contribution in [0.1, 0.15) is 73.6 Å². The van der Waals surface area contributed by atoms with Crippen molar-refractivity contribution in [2.75, 3.05) is 24.7 Å². The van der Waals surface area contributed by atoms with Gasteiger partial charge in [-0.05, 0) is 55.5 Å². The van der Waals surface area contributed by atoms with Crippen molar-refractivity contribution < 1.29 is 9.53 Å². The molecule has 3 N–H and O–H groups in total. The molecule has 0 radical (unpaired) electrons. The van der Waals surface area contributed by atoms with Gasteiger partial charge in [0, 0.05) is 60.8 Å². The molecule has 1 aliphatic carbocycles. The Kier molecular flexibility index (Phi) is 7.82. The number of aromatic nitrogens is 7. The van der Waals surface area contributed by atoms with Crippen molar-refractivity contribution in [2.24, 2.45) is 7.05 Å². The molecule has 0 saturated heterocycles. The third kappa shape index (κ3) is 5.40. The van der Waals surface area contributed by atoms with Gasteiger partial charge in [-0.3, -0.25) is 9.69 Å². The first kappa shape index (κ1) is 31.1. The minimum absolute atomic E-state index is 0.207. The number of nitrogens with one attached hydrogen (secondary N) is 1. The fourth-order valence-corrected chi connectivity index (χ4v) is 7.90. The number of carbonyl (C=O) groups excluding carboxylic acids is 1. The summed E-state index contributed by atoms with van der Waals surface area (Å²) in [6, 6.07) is 16.5. The van der Waals surface area contributed by atoms with Crippen LogP contribution < -0.4 is 15.8 Å². The van der Waals surface area contributed by atoms with Crippen LogP contribution in [0.2, 0.25) is 0 Å². The molecular weight excluding hydrogens is 616 g/mol. The number of hydrogen-bond donors (Lipinski definition) is 2. The summed E-state index contributed by atoms with van der Waals surface area (Å²) in [5.74, 6) is 3.34. The topological polar surface area (TPSA) is 134 Å². The van der Waals surface area contributed by atoms with Gasteiger partial charge >= 0.3 is 0 Å². The van der Waals surface area contributed by atoms with Crippen molar-refractivity contribution in [3.63, 3.8) is 0 Å². The van der Waals surface area contributed by atoms with E-state index in [4.69, 9.17) is 15.5 Å². The van der Waals surface area contributed by atoms with Gasteiger partial charge in [-0.15, -0.1) is 10.2 Å². The Morgan fingerprint density at radius 1 is 1.00 bits per heavy atom. The smallest absolute Gasteiger partial charge is 0.272 e. The molecule has 2 aromatic carbocycles. The van der Waals surface area contributed by atoms with Gasteiger partial charge in [-0.1, -0.05) is 38.1 Å². The van der Waals surface area contributed by atoms with Gasteiger partial charge in [0.15, 0.2) is 0 Å². The van der Waals surface area contributed by atoms with E-state index in [1.165, 1.54) is 0 Å². The molecule has 12 heteroatoms. The highest BCUT2D eigenvalue weighted by Gasteiger charge is 2.32. The fourth-order valence-electron chi connectivity index (χ4n) is 7.90. The molecule has 4 aromatic heterocycles. The third-order valence-electron chi connectivity index (χ3n) is 10.5. The van der Waals surface area contributed by atoms with Crippen LogP contribution in [0.3, 0.4) is 0 Å². The molecule has 0 unspecified atom stereocenters. The number of nitrogens with zero attached hydrogens (tertiary/aromatic N) is 8. The Hall–Kier alpha value is -5.23. The van der Waals surface area contributed by atoms with E-state index in [1.54, 1.807) is 13.4 Å². The van der Waals surface area contributed by atoms with Gasteiger partial charge in [0.1, 0.15) is 40.9 Å². The SMILES string of the molecule is COc1cc(-c2cn([C@H]3CC[C@@H](N4CCn5c(nnc5C(C)C)C4)CC3)c3ncnc(N)c23)ccc1NC(=O)c1cc2ccccc2n1C. The van der Waals surface area contributed by atoms with Crippen LogP contribution in [0.4, 0.5) is 11.5 Å². The van der Waals surface area contributed by atoms with Gasteiger partial charge < -0.3 is 29.5 Å². The molecule has 0 bridgehead atoms. The molecule has 1 saturated carbocycles. The van der Waals surface area contributed by atoms with Crippen molar-refractivity contribution in [3.8, 4) is 16.9 Å². The average molecular weight is 659 g/mol. The van der Waals surface area contributed by atoms with E-state index in [0.29, 0.717) is 41.0 Å². The Bertz CT molecular complexity index is 2190. The molecule has 0 spiro atoms. The Balaban J connectivity index is 1.03. The van der Waals surface area contributed by atoms with Crippen molar-refractivity contribution in [1.29, 1.82) is 0 Å². The number of hydrogen-bond acceptors (Lipinski definition) is 8. The highest BCUT2D eigenvalue weighted by atomic mass is 16.5. The van der Waals surface area contributed by atoms with E-state index in [-0.39, 0.29) is 5.91 Å². The van der Waals surface area contributed by atoms with Crippen LogP contribution in [0, 0.1) is 0 Å². The first-order chi connectivity index (χ1) is 23.8. The van der Waals surface area contributed by atoms with E-state index in [9.17, 15) is 4.79 Å². The summed E-state index contributed by atoms with van der Waals surface area (Å²) in [6.07, 6.45) is 8.00. The van der Waals surface area contributed by atoms with Crippen LogP contribution in [-0.2, 0) is 20.1 Å². The molecular formula is C37H42N10O2. The third-order valence-corrected chi connectivity index (χ3v) is 10.5. The molecule has 1 fully saturated rings. The number of rotatable bonds is 7. The van der Waals surface area contributed by atoms with Crippen LogP contribution >= 0.6 is 0 Å². The van der Waals surface area contributed by atoms with Gasteiger partial charge in [0.2, 0.25) is 0 Å². The Labute approximate surface area is 284 Å². The quantitative estimate of drug-likeness (QED) is 0.209. The van der Waals surface area contributed by atoms with Gasteiger partial charge in [-0.2, -0.15) is 0 Å². The second-order valence-corrected chi connectivity index (χ2v) is 13.6. The highest BCUT2D eigenvalue weighted by molar-refractivity contribution is 6.07. The zero-order chi connectivity index (χ0) is 33.8. The number of nitrogen functional groups attached to an aromatic ring is 1. The molecule has 0 atom stereocenters. The van der Waals surface area contributed by atoms with Crippen LogP contribution in [0.25, 0.3) is 33.1 Å². The van der Waals surface area contributed by atoms with Gasteiger partial charge in [0.25, 0.3) is 5.91 Å². The lowest BCUT2D eigenvalue weighted by Gasteiger charge is -2.39. The molecule has 1 amide bonds. The normalized spacial score (nSPS) is 18.3. The van der Waals surface area contributed by atoms with Gasteiger partial charge in [-0.25, -0.2) is 9.97 Å². The number of fused-ring (bicyclic) bond motifs is 3. The maximum atomic E-state index is 13.4. The second-order valence-electron chi connectivity index (χ2n) is 13.6. The lowest BCUT2D eigenvalue weighted by atomic mass is 9.89. The molecule has 8 rings (SSSR count). The summed E-state index contributed by atoms with van der Waals surface area (Å²) in [6.45, 7) is 7.20. The zero-order valence-corrected chi connectivity index (χ0v) is 28.4. The number of anilines is 2. The number of nitrogens with two attached hydrogens (primary N) is 1. The predicted octanol–water partition coefficient (Wildman–Crippen LogP) is 6.15. The van der Waals surface area contributed by atoms with Crippen molar-refractivity contribution in [2.45, 2.75) is 70.6 Å². The number of aryl methyl sites for hydroxylation is 1. The maximum absolute atomic E-state index is 13.4. The van der Waals surface area contributed by atoms with Crippen LogP contribution in [0.5, 0.6) is 5.75 Å².